The minimum absolute atomic E-state index is 0.150. The van der Waals surface area contributed by atoms with E-state index in [1.807, 2.05) is 17.9 Å². The average Bonchev–Trinajstić information content (AvgIpc) is 2.72. The van der Waals surface area contributed by atoms with E-state index in [-0.39, 0.29) is 6.04 Å². The maximum Gasteiger partial charge on any atom is 0.0757 e. The second-order valence-corrected chi connectivity index (χ2v) is 6.07. The third-order valence-corrected chi connectivity index (χ3v) is 4.16. The minimum atomic E-state index is 0.150. The van der Waals surface area contributed by atoms with Crippen molar-refractivity contribution < 1.29 is 0 Å². The van der Waals surface area contributed by atoms with Crippen LogP contribution in [0, 0.1) is 3.57 Å². The Morgan fingerprint density at radius 3 is 2.89 bits per heavy atom. The zero-order valence-corrected chi connectivity index (χ0v) is 14.1. The lowest BCUT2D eigenvalue weighted by Gasteiger charge is -2.19. The molecular weight excluding hydrogens is 405 g/mol. The number of aryl methyl sites for hydroxylation is 1. The molecule has 2 aromatic rings. The van der Waals surface area contributed by atoms with E-state index in [1.54, 1.807) is 0 Å². The standard InChI is InChI=1S/C13H15BrIN3/c1-3-18-13(11(14)8-17-18)12(16-2)9-5-4-6-10(15)7-9/h4-8,12,16H,3H2,1-2H3. The van der Waals surface area contributed by atoms with Gasteiger partial charge in [-0.1, -0.05) is 12.1 Å². The highest BCUT2D eigenvalue weighted by molar-refractivity contribution is 14.1. The van der Waals surface area contributed by atoms with E-state index in [0.29, 0.717) is 0 Å². The average molecular weight is 420 g/mol. The zero-order chi connectivity index (χ0) is 13.1. The molecule has 0 fully saturated rings. The van der Waals surface area contributed by atoms with Crippen LogP contribution in [0.5, 0.6) is 0 Å². The van der Waals surface area contributed by atoms with Crippen LogP contribution < -0.4 is 5.32 Å². The molecule has 96 valence electrons. The predicted octanol–water partition coefficient (Wildman–Crippen LogP) is 3.58. The van der Waals surface area contributed by atoms with Gasteiger partial charge in [-0.25, -0.2) is 0 Å². The highest BCUT2D eigenvalue weighted by Crippen LogP contribution is 2.29. The number of benzene rings is 1. The van der Waals surface area contributed by atoms with Gasteiger partial charge in [0.05, 0.1) is 22.4 Å². The minimum Gasteiger partial charge on any atom is -0.308 e. The molecule has 0 aliphatic rings. The Morgan fingerprint density at radius 1 is 1.50 bits per heavy atom. The molecule has 0 saturated heterocycles. The second-order valence-electron chi connectivity index (χ2n) is 3.97. The number of aromatic nitrogens is 2. The Bertz CT molecular complexity index is 539. The van der Waals surface area contributed by atoms with E-state index < -0.39 is 0 Å². The van der Waals surface area contributed by atoms with Gasteiger partial charge >= 0.3 is 0 Å². The van der Waals surface area contributed by atoms with Gasteiger partial charge in [-0.3, -0.25) is 4.68 Å². The van der Waals surface area contributed by atoms with Crippen molar-refractivity contribution in [2.75, 3.05) is 7.05 Å². The van der Waals surface area contributed by atoms with Gasteiger partial charge in [-0.15, -0.1) is 0 Å². The molecule has 0 saturated carbocycles. The van der Waals surface area contributed by atoms with E-state index in [9.17, 15) is 0 Å². The van der Waals surface area contributed by atoms with E-state index in [2.05, 4.69) is 80.1 Å². The van der Waals surface area contributed by atoms with Gasteiger partial charge in [-0.05, 0) is 70.2 Å². The van der Waals surface area contributed by atoms with Crippen molar-refractivity contribution in [3.8, 4) is 0 Å². The van der Waals surface area contributed by atoms with Crippen LogP contribution in [-0.2, 0) is 6.54 Å². The van der Waals surface area contributed by atoms with Gasteiger partial charge in [0.2, 0.25) is 0 Å². The van der Waals surface area contributed by atoms with Crippen LogP contribution in [0.2, 0.25) is 0 Å². The molecule has 1 heterocycles. The van der Waals surface area contributed by atoms with E-state index in [1.165, 1.54) is 14.8 Å². The molecule has 1 aromatic carbocycles. The van der Waals surface area contributed by atoms with Gasteiger partial charge in [0.25, 0.3) is 0 Å². The predicted molar refractivity (Wildman–Crippen MR) is 85.7 cm³/mol. The summed E-state index contributed by atoms with van der Waals surface area (Å²) in [5.41, 5.74) is 2.42. The van der Waals surface area contributed by atoms with Crippen molar-refractivity contribution in [1.29, 1.82) is 0 Å². The molecular formula is C13H15BrIN3. The Morgan fingerprint density at radius 2 is 2.28 bits per heavy atom. The molecule has 1 unspecified atom stereocenters. The summed E-state index contributed by atoms with van der Waals surface area (Å²) in [5, 5.41) is 7.75. The third kappa shape index (κ3) is 2.78. The Kier molecular flexibility index (Phi) is 4.80. The number of hydrogen-bond acceptors (Lipinski definition) is 2. The lowest BCUT2D eigenvalue weighted by atomic mass is 10.0. The van der Waals surface area contributed by atoms with Gasteiger partial charge in [0.15, 0.2) is 0 Å². The highest BCUT2D eigenvalue weighted by atomic mass is 127. The molecule has 0 bridgehead atoms. The van der Waals surface area contributed by atoms with E-state index in [0.717, 1.165) is 11.0 Å². The van der Waals surface area contributed by atoms with Crippen molar-refractivity contribution in [2.45, 2.75) is 19.5 Å². The quantitative estimate of drug-likeness (QED) is 0.767. The van der Waals surface area contributed by atoms with E-state index in [4.69, 9.17) is 0 Å². The van der Waals surface area contributed by atoms with Crippen LogP contribution in [0.25, 0.3) is 0 Å². The third-order valence-electron chi connectivity index (χ3n) is 2.88. The molecule has 0 spiro atoms. The van der Waals surface area contributed by atoms with Gasteiger partial charge in [0, 0.05) is 10.1 Å². The molecule has 1 atom stereocenters. The Labute approximate surface area is 129 Å². The maximum absolute atomic E-state index is 4.38. The molecule has 1 aromatic heterocycles. The van der Waals surface area contributed by atoms with Crippen LogP contribution in [0.15, 0.2) is 34.9 Å². The first-order chi connectivity index (χ1) is 8.67. The van der Waals surface area contributed by atoms with Gasteiger partial charge < -0.3 is 5.32 Å². The molecule has 18 heavy (non-hydrogen) atoms. The SMILES string of the molecule is CCn1ncc(Br)c1C(NC)c1cccc(I)c1. The summed E-state index contributed by atoms with van der Waals surface area (Å²) >= 11 is 5.93. The number of nitrogens with one attached hydrogen (secondary N) is 1. The van der Waals surface area contributed by atoms with Gasteiger partial charge in [0.1, 0.15) is 0 Å². The molecule has 5 heteroatoms. The molecule has 0 aliphatic carbocycles. The zero-order valence-electron chi connectivity index (χ0n) is 10.3. The molecule has 3 nitrogen and oxygen atoms in total. The Hall–Kier alpha value is -0.400. The van der Waals surface area contributed by atoms with Crippen molar-refractivity contribution in [3.63, 3.8) is 0 Å². The number of hydrogen-bond donors (Lipinski definition) is 1. The number of halogens is 2. The topological polar surface area (TPSA) is 29.9 Å². The monoisotopic (exact) mass is 419 g/mol. The lowest BCUT2D eigenvalue weighted by Crippen LogP contribution is -2.22. The Balaban J connectivity index is 2.48. The molecule has 0 radical (unpaired) electrons. The highest BCUT2D eigenvalue weighted by Gasteiger charge is 2.19. The summed E-state index contributed by atoms with van der Waals surface area (Å²) in [6.07, 6.45) is 1.86. The van der Waals surface area contributed by atoms with E-state index >= 15 is 0 Å². The van der Waals surface area contributed by atoms with Crippen molar-refractivity contribution in [1.82, 2.24) is 15.1 Å². The summed E-state index contributed by atoms with van der Waals surface area (Å²) in [5.74, 6) is 0. The van der Waals surface area contributed by atoms with Crippen LogP contribution in [0.1, 0.15) is 24.2 Å². The first-order valence-electron chi connectivity index (χ1n) is 5.81. The largest absolute Gasteiger partial charge is 0.308 e. The fraction of sp³-hybridized carbons (Fsp3) is 0.308. The van der Waals surface area contributed by atoms with Crippen LogP contribution >= 0.6 is 38.5 Å². The first kappa shape index (κ1) is 14.0. The number of nitrogens with zero attached hydrogens (tertiary/aromatic N) is 2. The van der Waals surface area contributed by atoms with Crippen LogP contribution in [0.3, 0.4) is 0 Å². The molecule has 1 N–H and O–H groups in total. The fourth-order valence-corrected chi connectivity index (χ4v) is 3.15. The van der Waals surface area contributed by atoms with Crippen molar-refractivity contribution in [2.24, 2.45) is 0 Å². The molecule has 0 aliphatic heterocycles. The molecule has 2 rings (SSSR count). The first-order valence-corrected chi connectivity index (χ1v) is 7.68. The van der Waals surface area contributed by atoms with Crippen LogP contribution in [0.4, 0.5) is 0 Å². The lowest BCUT2D eigenvalue weighted by molar-refractivity contribution is 0.561. The summed E-state index contributed by atoms with van der Waals surface area (Å²) in [6.45, 7) is 2.97. The molecule has 0 amide bonds. The summed E-state index contributed by atoms with van der Waals surface area (Å²) in [7, 11) is 1.98. The fourth-order valence-electron chi connectivity index (χ4n) is 2.06. The summed E-state index contributed by atoms with van der Waals surface area (Å²) in [6, 6.07) is 8.67. The summed E-state index contributed by atoms with van der Waals surface area (Å²) in [4.78, 5) is 0. The maximum atomic E-state index is 4.38. The summed E-state index contributed by atoms with van der Waals surface area (Å²) < 4.78 is 4.30. The second kappa shape index (κ2) is 6.16. The number of rotatable bonds is 4. The normalized spacial score (nSPS) is 12.7. The smallest absolute Gasteiger partial charge is 0.0757 e. The van der Waals surface area contributed by atoms with Gasteiger partial charge in [-0.2, -0.15) is 5.10 Å². The van der Waals surface area contributed by atoms with Crippen molar-refractivity contribution in [3.05, 3.63) is 49.8 Å². The van der Waals surface area contributed by atoms with Crippen molar-refractivity contribution >= 4 is 38.5 Å². The van der Waals surface area contributed by atoms with Crippen LogP contribution in [-0.4, -0.2) is 16.8 Å².